The van der Waals surface area contributed by atoms with Crippen molar-refractivity contribution in [3.63, 3.8) is 0 Å². The average Bonchev–Trinajstić information content (AvgIpc) is 3.19. The molecule has 5 nitrogen and oxygen atoms in total. The van der Waals surface area contributed by atoms with Crippen LogP contribution in [0, 0.1) is 17.3 Å². The van der Waals surface area contributed by atoms with Crippen molar-refractivity contribution in [1.82, 2.24) is 0 Å². The molecule has 25 heavy (non-hydrogen) atoms. The van der Waals surface area contributed by atoms with Crippen molar-refractivity contribution < 1.29 is 22.4 Å². The largest absolute Gasteiger partial charge is 0.381 e. The van der Waals surface area contributed by atoms with Gasteiger partial charge in [0.25, 0.3) is 10.1 Å². The molecule has 6 heteroatoms. The first kappa shape index (κ1) is 19.1. The summed E-state index contributed by atoms with van der Waals surface area (Å²) >= 11 is 0. The van der Waals surface area contributed by atoms with Gasteiger partial charge < -0.3 is 9.47 Å². The third-order valence-corrected chi connectivity index (χ3v) is 8.22. The maximum absolute atomic E-state index is 12.6. The molecule has 0 amide bonds. The molecule has 2 saturated heterocycles. The van der Waals surface area contributed by atoms with Crippen LogP contribution in [0.2, 0.25) is 0 Å². The van der Waals surface area contributed by atoms with Crippen LogP contribution in [0.3, 0.4) is 0 Å². The molecule has 2 aliphatic heterocycles. The Kier molecular flexibility index (Phi) is 5.19. The maximum Gasteiger partial charge on any atom is 0.275 e. The summed E-state index contributed by atoms with van der Waals surface area (Å²) in [6.45, 7) is 8.70. The lowest BCUT2D eigenvalue weighted by Gasteiger charge is -2.48. The molecular formula is C19H30O5S. The fourth-order valence-corrected chi connectivity index (χ4v) is 6.23. The lowest BCUT2D eigenvalue weighted by molar-refractivity contribution is 0.172. The zero-order valence-electron chi connectivity index (χ0n) is 15.5. The van der Waals surface area contributed by atoms with E-state index in [0.29, 0.717) is 25.6 Å². The zero-order chi connectivity index (χ0) is 18.3. The monoisotopic (exact) mass is 370 g/mol. The lowest BCUT2D eigenvalue weighted by Crippen LogP contribution is -2.53. The van der Waals surface area contributed by atoms with E-state index in [2.05, 4.69) is 0 Å². The van der Waals surface area contributed by atoms with Gasteiger partial charge >= 0.3 is 0 Å². The summed E-state index contributed by atoms with van der Waals surface area (Å²) in [7, 11) is -4.28. The van der Waals surface area contributed by atoms with Gasteiger partial charge in [0.2, 0.25) is 0 Å². The molecule has 0 aromatic rings. The van der Waals surface area contributed by atoms with E-state index in [1.807, 2.05) is 26.8 Å². The van der Waals surface area contributed by atoms with Gasteiger partial charge in [0.05, 0.1) is 0 Å². The van der Waals surface area contributed by atoms with Crippen molar-refractivity contribution in [2.45, 2.75) is 51.2 Å². The minimum atomic E-state index is -4.28. The van der Waals surface area contributed by atoms with Crippen LogP contribution in [-0.4, -0.2) is 44.1 Å². The molecule has 3 rings (SSSR count). The fraction of sp³-hybridized carbons (Fsp3) is 0.789. The number of allylic oxidation sites excluding steroid dienone is 3. The normalized spacial score (nSPS) is 35.5. The molecule has 1 aliphatic carbocycles. The summed E-state index contributed by atoms with van der Waals surface area (Å²) < 4.78 is 45.2. The summed E-state index contributed by atoms with van der Waals surface area (Å²) in [6, 6.07) is 0. The first-order valence-corrected chi connectivity index (χ1v) is 10.6. The van der Waals surface area contributed by atoms with Gasteiger partial charge in [-0.05, 0) is 44.4 Å². The Morgan fingerprint density at radius 3 is 2.28 bits per heavy atom. The standard InChI is InChI=1S/C19H30O5S/c1-14-4-7-19(25(20,21)22,11-16-6-9-24-13-16)18(2,3)17(14)10-15-5-8-23-12-15/h4,7,15-16H,5-6,8-13H2,1-3H3,(H,20,21,22)/t15?,16?,19-/m0/s1. The molecule has 142 valence electrons. The quantitative estimate of drug-likeness (QED) is 0.751. The summed E-state index contributed by atoms with van der Waals surface area (Å²) in [5.74, 6) is 0.574. The predicted octanol–water partition coefficient (Wildman–Crippen LogP) is 3.38. The summed E-state index contributed by atoms with van der Waals surface area (Å²) in [5, 5.41) is 0. The summed E-state index contributed by atoms with van der Waals surface area (Å²) in [6.07, 6.45) is 6.68. The van der Waals surface area contributed by atoms with E-state index in [4.69, 9.17) is 9.47 Å². The molecule has 0 spiro atoms. The third kappa shape index (κ3) is 3.34. The smallest absolute Gasteiger partial charge is 0.275 e. The highest BCUT2D eigenvalue weighted by Gasteiger charge is 2.57. The van der Waals surface area contributed by atoms with Crippen molar-refractivity contribution in [2.24, 2.45) is 17.3 Å². The molecular weight excluding hydrogens is 340 g/mol. The topological polar surface area (TPSA) is 72.8 Å². The van der Waals surface area contributed by atoms with Crippen LogP contribution in [0.15, 0.2) is 23.3 Å². The highest BCUT2D eigenvalue weighted by molar-refractivity contribution is 7.87. The SMILES string of the molecule is CC1=C(CC2CCOC2)C(C)(C)[C@](CC2CCOC2)(S(=O)(=O)O)C=C1. The van der Waals surface area contributed by atoms with Crippen LogP contribution >= 0.6 is 0 Å². The van der Waals surface area contributed by atoms with Crippen molar-refractivity contribution in [3.8, 4) is 0 Å². The second kappa shape index (κ2) is 6.80. The van der Waals surface area contributed by atoms with Gasteiger partial charge in [-0.3, -0.25) is 4.55 Å². The van der Waals surface area contributed by atoms with Crippen LogP contribution < -0.4 is 0 Å². The Bertz CT molecular complexity index is 664. The molecule has 0 saturated carbocycles. The molecule has 3 atom stereocenters. The molecule has 0 aromatic heterocycles. The predicted molar refractivity (Wildman–Crippen MR) is 97.0 cm³/mol. The van der Waals surface area contributed by atoms with Crippen LogP contribution in [-0.2, 0) is 19.6 Å². The number of rotatable bonds is 5. The highest BCUT2D eigenvalue weighted by atomic mass is 32.2. The van der Waals surface area contributed by atoms with Crippen molar-refractivity contribution in [2.75, 3.05) is 26.4 Å². The van der Waals surface area contributed by atoms with Gasteiger partial charge in [0.1, 0.15) is 4.75 Å². The average molecular weight is 371 g/mol. The van der Waals surface area contributed by atoms with E-state index in [1.54, 1.807) is 6.08 Å². The summed E-state index contributed by atoms with van der Waals surface area (Å²) in [5.41, 5.74) is 1.56. The number of hydrogen-bond donors (Lipinski definition) is 1. The molecule has 0 aromatic carbocycles. The Balaban J connectivity index is 1.99. The second-order valence-electron chi connectivity index (χ2n) is 8.35. The first-order chi connectivity index (χ1) is 11.7. The molecule has 2 fully saturated rings. The van der Waals surface area contributed by atoms with Gasteiger partial charge in [-0.2, -0.15) is 8.42 Å². The van der Waals surface area contributed by atoms with E-state index in [-0.39, 0.29) is 5.92 Å². The van der Waals surface area contributed by atoms with Crippen molar-refractivity contribution >= 4 is 10.1 Å². The first-order valence-electron chi connectivity index (χ1n) is 9.19. The molecule has 0 radical (unpaired) electrons. The Morgan fingerprint density at radius 1 is 1.16 bits per heavy atom. The molecule has 2 unspecified atom stereocenters. The van der Waals surface area contributed by atoms with Gasteiger partial charge in [0, 0.05) is 31.8 Å². The third-order valence-electron chi connectivity index (χ3n) is 6.48. The number of ether oxygens (including phenoxy) is 2. The van der Waals surface area contributed by atoms with Gasteiger partial charge in [0.15, 0.2) is 0 Å². The van der Waals surface area contributed by atoms with E-state index in [1.165, 1.54) is 0 Å². The van der Waals surface area contributed by atoms with E-state index in [0.717, 1.165) is 43.6 Å². The minimum Gasteiger partial charge on any atom is -0.381 e. The lowest BCUT2D eigenvalue weighted by atomic mass is 9.63. The molecule has 2 heterocycles. The summed E-state index contributed by atoms with van der Waals surface area (Å²) in [4.78, 5) is 0. The van der Waals surface area contributed by atoms with Gasteiger partial charge in [-0.15, -0.1) is 0 Å². The van der Waals surface area contributed by atoms with Crippen molar-refractivity contribution in [1.29, 1.82) is 0 Å². The fourth-order valence-electron chi connectivity index (χ4n) is 4.78. The van der Waals surface area contributed by atoms with Crippen LogP contribution in [0.5, 0.6) is 0 Å². The zero-order valence-corrected chi connectivity index (χ0v) is 16.3. The Labute approximate surface area is 151 Å². The van der Waals surface area contributed by atoms with E-state index < -0.39 is 20.3 Å². The Hall–Kier alpha value is -0.690. The van der Waals surface area contributed by atoms with Crippen LogP contribution in [0.4, 0.5) is 0 Å². The van der Waals surface area contributed by atoms with Crippen molar-refractivity contribution in [3.05, 3.63) is 23.3 Å². The number of hydrogen-bond acceptors (Lipinski definition) is 4. The highest BCUT2D eigenvalue weighted by Crippen LogP contribution is 2.53. The second-order valence-corrected chi connectivity index (χ2v) is 10.0. The van der Waals surface area contributed by atoms with E-state index in [9.17, 15) is 13.0 Å². The maximum atomic E-state index is 12.6. The Morgan fingerprint density at radius 2 is 1.76 bits per heavy atom. The van der Waals surface area contributed by atoms with Crippen LogP contribution in [0.1, 0.15) is 46.5 Å². The molecule has 3 aliphatic rings. The minimum absolute atomic E-state index is 0.153. The van der Waals surface area contributed by atoms with Crippen LogP contribution in [0.25, 0.3) is 0 Å². The molecule has 1 N–H and O–H groups in total. The molecule has 0 bridgehead atoms. The van der Waals surface area contributed by atoms with E-state index >= 15 is 0 Å². The van der Waals surface area contributed by atoms with Gasteiger partial charge in [-0.1, -0.05) is 37.1 Å². The van der Waals surface area contributed by atoms with Gasteiger partial charge in [-0.25, -0.2) is 0 Å².